The topological polar surface area (TPSA) is 119 Å². The highest BCUT2D eigenvalue weighted by molar-refractivity contribution is 6.06. The number of rotatable bonds is 8. The normalized spacial score (nSPS) is 13.8. The van der Waals surface area contributed by atoms with E-state index in [2.05, 4.69) is 10.6 Å². The lowest BCUT2D eigenvalue weighted by Crippen LogP contribution is -2.49. The molecule has 2 rings (SSSR count). The summed E-state index contributed by atoms with van der Waals surface area (Å²) in [5, 5.41) is 13.0. The van der Waals surface area contributed by atoms with Crippen molar-refractivity contribution in [1.29, 1.82) is 0 Å². The second-order valence-corrected chi connectivity index (χ2v) is 6.89. The SMILES string of the molecule is Cc1cc(F)c(C(=O)N(C)CCCCCNC(=O)O)cc1N1CCC(=O)NC1=O. The Morgan fingerprint density at radius 1 is 1.28 bits per heavy atom. The van der Waals surface area contributed by atoms with Crippen LogP contribution in [0.2, 0.25) is 0 Å². The molecular weight excluding hydrogens is 383 g/mol. The first-order chi connectivity index (χ1) is 13.7. The van der Waals surface area contributed by atoms with Gasteiger partial charge in [-0.25, -0.2) is 14.0 Å². The summed E-state index contributed by atoms with van der Waals surface area (Å²) in [5.74, 6) is -1.57. The number of nitrogens with zero attached hydrogens (tertiary/aromatic N) is 2. The van der Waals surface area contributed by atoms with Gasteiger partial charge < -0.3 is 15.3 Å². The lowest BCUT2D eigenvalue weighted by Gasteiger charge is -2.28. The van der Waals surface area contributed by atoms with Crippen LogP contribution in [-0.2, 0) is 4.79 Å². The molecular formula is C19H25FN4O5. The summed E-state index contributed by atoms with van der Waals surface area (Å²) in [6.45, 7) is 2.51. The van der Waals surface area contributed by atoms with E-state index in [0.717, 1.165) is 0 Å². The molecule has 0 atom stereocenters. The highest BCUT2D eigenvalue weighted by Crippen LogP contribution is 2.26. The third kappa shape index (κ3) is 5.90. The molecule has 9 nitrogen and oxygen atoms in total. The maximum absolute atomic E-state index is 14.4. The van der Waals surface area contributed by atoms with Gasteiger partial charge in [-0.3, -0.25) is 19.8 Å². The van der Waals surface area contributed by atoms with Crippen LogP contribution in [0.1, 0.15) is 41.6 Å². The van der Waals surface area contributed by atoms with E-state index in [0.29, 0.717) is 43.6 Å². The molecule has 0 aliphatic carbocycles. The van der Waals surface area contributed by atoms with Crippen molar-refractivity contribution in [1.82, 2.24) is 15.5 Å². The first kappa shape index (κ1) is 22.1. The second-order valence-electron chi connectivity index (χ2n) is 6.89. The number of carbonyl (C=O) groups excluding carboxylic acids is 3. The summed E-state index contributed by atoms with van der Waals surface area (Å²) in [7, 11) is 1.56. The monoisotopic (exact) mass is 408 g/mol. The van der Waals surface area contributed by atoms with Gasteiger partial charge in [0.25, 0.3) is 5.91 Å². The average Bonchev–Trinajstić information content (AvgIpc) is 2.64. The zero-order valence-electron chi connectivity index (χ0n) is 16.5. The minimum atomic E-state index is -1.07. The number of imide groups is 1. The van der Waals surface area contributed by atoms with Gasteiger partial charge in [-0.15, -0.1) is 0 Å². The molecule has 0 spiro atoms. The van der Waals surface area contributed by atoms with Crippen molar-refractivity contribution in [2.75, 3.05) is 31.6 Å². The van der Waals surface area contributed by atoms with Gasteiger partial charge in [-0.05, 0) is 43.9 Å². The maximum atomic E-state index is 14.4. The van der Waals surface area contributed by atoms with E-state index in [4.69, 9.17) is 5.11 Å². The summed E-state index contributed by atoms with van der Waals surface area (Å²) < 4.78 is 14.4. The van der Waals surface area contributed by atoms with Crippen LogP contribution in [0.15, 0.2) is 12.1 Å². The zero-order chi connectivity index (χ0) is 21.6. The van der Waals surface area contributed by atoms with Gasteiger partial charge >= 0.3 is 12.1 Å². The quantitative estimate of drug-likeness (QED) is 0.569. The highest BCUT2D eigenvalue weighted by Gasteiger charge is 2.27. The fourth-order valence-electron chi connectivity index (χ4n) is 3.06. The van der Waals surface area contributed by atoms with Crippen molar-refractivity contribution in [3.8, 4) is 0 Å². The van der Waals surface area contributed by atoms with Gasteiger partial charge in [-0.1, -0.05) is 0 Å². The molecule has 1 aromatic carbocycles. The van der Waals surface area contributed by atoms with Gasteiger partial charge in [0.15, 0.2) is 0 Å². The van der Waals surface area contributed by atoms with Crippen molar-refractivity contribution in [2.45, 2.75) is 32.6 Å². The molecule has 1 fully saturated rings. The lowest BCUT2D eigenvalue weighted by molar-refractivity contribution is -0.120. The number of carboxylic acid groups (broad SMARTS) is 1. The third-order valence-corrected chi connectivity index (χ3v) is 4.65. The van der Waals surface area contributed by atoms with Crippen molar-refractivity contribution in [3.63, 3.8) is 0 Å². The fourth-order valence-corrected chi connectivity index (χ4v) is 3.06. The number of hydrogen-bond donors (Lipinski definition) is 3. The second kappa shape index (κ2) is 9.85. The van der Waals surface area contributed by atoms with Crippen molar-refractivity contribution >= 4 is 29.6 Å². The molecule has 0 bridgehead atoms. The van der Waals surface area contributed by atoms with Crippen molar-refractivity contribution < 1.29 is 28.7 Å². The molecule has 29 heavy (non-hydrogen) atoms. The number of anilines is 1. The van der Waals surface area contributed by atoms with Gasteiger partial charge in [0, 0.05) is 38.8 Å². The third-order valence-electron chi connectivity index (χ3n) is 4.65. The summed E-state index contributed by atoms with van der Waals surface area (Å²) in [5.41, 5.74) is 0.718. The summed E-state index contributed by atoms with van der Waals surface area (Å²) in [4.78, 5) is 49.2. The van der Waals surface area contributed by atoms with E-state index < -0.39 is 23.8 Å². The Balaban J connectivity index is 2.03. The molecule has 1 heterocycles. The van der Waals surface area contributed by atoms with E-state index in [-0.39, 0.29) is 24.4 Å². The van der Waals surface area contributed by atoms with E-state index in [9.17, 15) is 23.6 Å². The van der Waals surface area contributed by atoms with E-state index in [1.807, 2.05) is 0 Å². The predicted octanol–water partition coefficient (Wildman–Crippen LogP) is 2.09. The van der Waals surface area contributed by atoms with E-state index in [1.54, 1.807) is 14.0 Å². The number of aryl methyl sites for hydroxylation is 1. The molecule has 0 saturated carbocycles. The molecule has 1 saturated heterocycles. The smallest absolute Gasteiger partial charge is 0.404 e. The Hall–Kier alpha value is -3.17. The van der Waals surface area contributed by atoms with E-state index in [1.165, 1.54) is 21.9 Å². The van der Waals surface area contributed by atoms with Gasteiger partial charge in [0.1, 0.15) is 5.82 Å². The molecule has 1 aromatic rings. The Bertz CT molecular complexity index is 814. The largest absolute Gasteiger partial charge is 0.465 e. The average molecular weight is 408 g/mol. The zero-order valence-corrected chi connectivity index (χ0v) is 16.5. The summed E-state index contributed by atoms with van der Waals surface area (Å²) in [6, 6.07) is 1.95. The minimum absolute atomic E-state index is 0.127. The van der Waals surface area contributed by atoms with Gasteiger partial charge in [-0.2, -0.15) is 0 Å². The van der Waals surface area contributed by atoms with Crippen LogP contribution in [0.3, 0.4) is 0 Å². The molecule has 5 amide bonds. The predicted molar refractivity (Wildman–Crippen MR) is 103 cm³/mol. The number of benzene rings is 1. The Morgan fingerprint density at radius 3 is 2.66 bits per heavy atom. The molecule has 3 N–H and O–H groups in total. The number of unbranched alkanes of at least 4 members (excludes halogenated alkanes) is 2. The van der Waals surface area contributed by atoms with Crippen LogP contribution in [0.5, 0.6) is 0 Å². The number of halogens is 1. The lowest BCUT2D eigenvalue weighted by atomic mass is 10.1. The molecule has 0 radical (unpaired) electrons. The molecule has 1 aliphatic heterocycles. The number of nitrogens with one attached hydrogen (secondary N) is 2. The summed E-state index contributed by atoms with van der Waals surface area (Å²) in [6.07, 6.45) is 1.04. The Labute approximate surface area is 167 Å². The molecule has 158 valence electrons. The fraction of sp³-hybridized carbons (Fsp3) is 0.474. The number of amides is 5. The van der Waals surface area contributed by atoms with Gasteiger partial charge in [0.2, 0.25) is 5.91 Å². The number of hydrogen-bond acceptors (Lipinski definition) is 4. The van der Waals surface area contributed by atoms with Crippen LogP contribution >= 0.6 is 0 Å². The van der Waals surface area contributed by atoms with E-state index >= 15 is 0 Å². The van der Waals surface area contributed by atoms with Crippen LogP contribution in [0.4, 0.5) is 19.7 Å². The van der Waals surface area contributed by atoms with Gasteiger partial charge in [0.05, 0.1) is 5.56 Å². The van der Waals surface area contributed by atoms with Crippen LogP contribution in [-0.4, -0.2) is 60.6 Å². The number of carbonyl (C=O) groups is 4. The van der Waals surface area contributed by atoms with Crippen molar-refractivity contribution in [3.05, 3.63) is 29.1 Å². The Morgan fingerprint density at radius 2 is 2.00 bits per heavy atom. The molecule has 0 unspecified atom stereocenters. The molecule has 1 aliphatic rings. The van der Waals surface area contributed by atoms with Crippen LogP contribution in [0, 0.1) is 12.7 Å². The number of urea groups is 1. The summed E-state index contributed by atoms with van der Waals surface area (Å²) >= 11 is 0. The maximum Gasteiger partial charge on any atom is 0.404 e. The first-order valence-electron chi connectivity index (χ1n) is 9.34. The first-order valence-corrected chi connectivity index (χ1v) is 9.34. The minimum Gasteiger partial charge on any atom is -0.465 e. The van der Waals surface area contributed by atoms with Crippen LogP contribution < -0.4 is 15.5 Å². The van der Waals surface area contributed by atoms with Crippen LogP contribution in [0.25, 0.3) is 0 Å². The highest BCUT2D eigenvalue weighted by atomic mass is 19.1. The Kier molecular flexibility index (Phi) is 7.52. The molecule has 0 aromatic heterocycles. The van der Waals surface area contributed by atoms with Crippen molar-refractivity contribution in [2.24, 2.45) is 0 Å². The molecule has 10 heteroatoms. The standard InChI is InChI=1S/C19H25FN4O5/c1-12-10-14(20)13(11-15(12)24-9-6-16(25)22-18(24)27)17(26)23(2)8-5-3-4-7-21-19(28)29/h10-11,21H,3-9H2,1-2H3,(H,28,29)(H,22,25,27).